The van der Waals surface area contributed by atoms with Crippen LogP contribution in [0.2, 0.25) is 0 Å². The average molecular weight is 413 g/mol. The summed E-state index contributed by atoms with van der Waals surface area (Å²) >= 11 is 0. The Hall–Kier alpha value is -3.76. The molecule has 1 saturated carbocycles. The third kappa shape index (κ3) is 4.55. The van der Waals surface area contributed by atoms with E-state index in [9.17, 15) is 15.2 Å². The number of nitriles is 1. The molecule has 3 aromatic rings. The Kier molecular flexibility index (Phi) is 5.92. The number of aliphatic hydroxyl groups excluding tert-OH is 1. The summed E-state index contributed by atoms with van der Waals surface area (Å²) in [7, 11) is 0. The largest absolute Gasteiger partial charge is 0.393 e. The zero-order chi connectivity index (χ0) is 21.7. The van der Waals surface area contributed by atoms with E-state index in [2.05, 4.69) is 26.7 Å². The molecule has 3 N–H and O–H groups in total. The molecular formula is C24H23N5O2. The van der Waals surface area contributed by atoms with E-state index in [0.717, 1.165) is 11.1 Å². The van der Waals surface area contributed by atoms with Crippen molar-refractivity contribution in [3.63, 3.8) is 0 Å². The van der Waals surface area contributed by atoms with Crippen molar-refractivity contribution < 1.29 is 9.90 Å². The first kappa shape index (κ1) is 20.5. The Morgan fingerprint density at radius 2 is 1.94 bits per heavy atom. The number of aromatic nitrogens is 2. The summed E-state index contributed by atoms with van der Waals surface area (Å²) in [6, 6.07) is 16.9. The summed E-state index contributed by atoms with van der Waals surface area (Å²) in [5.74, 6) is 0.223. The smallest absolute Gasteiger partial charge is 0.259 e. The maximum atomic E-state index is 12.9. The highest BCUT2D eigenvalue weighted by Gasteiger charge is 2.40. The number of pyridine rings is 2. The highest BCUT2D eigenvalue weighted by Crippen LogP contribution is 2.41. The van der Waals surface area contributed by atoms with Crippen molar-refractivity contribution in [1.29, 1.82) is 5.26 Å². The van der Waals surface area contributed by atoms with Crippen LogP contribution in [0.1, 0.15) is 40.7 Å². The summed E-state index contributed by atoms with van der Waals surface area (Å²) in [6.45, 7) is 0.524. The fourth-order valence-electron chi connectivity index (χ4n) is 3.93. The van der Waals surface area contributed by atoms with Crippen molar-refractivity contribution in [2.24, 2.45) is 0 Å². The van der Waals surface area contributed by atoms with Crippen molar-refractivity contribution >= 4 is 17.4 Å². The molecule has 0 unspecified atom stereocenters. The lowest BCUT2D eigenvalue weighted by Gasteiger charge is -2.21. The number of hydrogen-bond acceptors (Lipinski definition) is 6. The number of anilines is 2. The van der Waals surface area contributed by atoms with Crippen LogP contribution in [0.4, 0.5) is 11.5 Å². The van der Waals surface area contributed by atoms with Gasteiger partial charge in [0, 0.05) is 30.8 Å². The van der Waals surface area contributed by atoms with Gasteiger partial charge in [-0.15, -0.1) is 0 Å². The van der Waals surface area contributed by atoms with E-state index in [1.165, 1.54) is 0 Å². The lowest BCUT2D eigenvalue weighted by Crippen LogP contribution is -2.21. The van der Waals surface area contributed by atoms with Gasteiger partial charge >= 0.3 is 0 Å². The predicted molar refractivity (Wildman–Crippen MR) is 117 cm³/mol. The molecule has 1 aliphatic carbocycles. The molecule has 0 aliphatic heterocycles. The van der Waals surface area contributed by atoms with Gasteiger partial charge in [-0.25, -0.2) is 4.98 Å². The quantitative estimate of drug-likeness (QED) is 0.569. The van der Waals surface area contributed by atoms with Gasteiger partial charge in [0.2, 0.25) is 0 Å². The molecule has 7 nitrogen and oxygen atoms in total. The van der Waals surface area contributed by atoms with Gasteiger partial charge in [-0.2, -0.15) is 5.26 Å². The molecule has 2 atom stereocenters. The molecule has 156 valence electrons. The fourth-order valence-corrected chi connectivity index (χ4v) is 3.93. The number of nitrogens with zero attached hydrogens (tertiary/aromatic N) is 3. The molecule has 31 heavy (non-hydrogen) atoms. The van der Waals surface area contributed by atoms with E-state index < -0.39 is 11.5 Å². The third-order valence-corrected chi connectivity index (χ3v) is 5.66. The number of nitrogens with one attached hydrogen (secondary N) is 2. The molecule has 1 amide bonds. The predicted octanol–water partition coefficient (Wildman–Crippen LogP) is 3.65. The Labute approximate surface area is 180 Å². The first-order valence-electron chi connectivity index (χ1n) is 10.2. The number of amides is 1. The Morgan fingerprint density at radius 3 is 2.61 bits per heavy atom. The summed E-state index contributed by atoms with van der Waals surface area (Å²) < 4.78 is 0. The van der Waals surface area contributed by atoms with E-state index in [0.29, 0.717) is 42.9 Å². The third-order valence-electron chi connectivity index (χ3n) is 5.66. The molecule has 4 rings (SSSR count). The van der Waals surface area contributed by atoms with E-state index in [1.807, 2.05) is 24.3 Å². The molecule has 2 aromatic heterocycles. The maximum Gasteiger partial charge on any atom is 0.259 e. The zero-order valence-corrected chi connectivity index (χ0v) is 17.0. The molecule has 0 spiro atoms. The number of rotatable bonds is 6. The lowest BCUT2D eigenvalue weighted by molar-refractivity contribution is 0.102. The molecule has 2 heterocycles. The van der Waals surface area contributed by atoms with Gasteiger partial charge < -0.3 is 15.7 Å². The van der Waals surface area contributed by atoms with Gasteiger partial charge in [-0.3, -0.25) is 9.78 Å². The second kappa shape index (κ2) is 8.94. The number of aliphatic hydroxyl groups is 1. The minimum atomic E-state index is -0.657. The molecule has 1 aliphatic rings. The van der Waals surface area contributed by atoms with Crippen molar-refractivity contribution in [3.8, 4) is 6.07 Å². The monoisotopic (exact) mass is 413 g/mol. The van der Waals surface area contributed by atoms with Gasteiger partial charge in [0.05, 0.1) is 23.2 Å². The van der Waals surface area contributed by atoms with E-state index in [1.54, 1.807) is 42.9 Å². The van der Waals surface area contributed by atoms with Crippen molar-refractivity contribution in [3.05, 3.63) is 83.8 Å². The Morgan fingerprint density at radius 1 is 1.16 bits per heavy atom. The van der Waals surface area contributed by atoms with Gasteiger partial charge in [0.25, 0.3) is 5.91 Å². The van der Waals surface area contributed by atoms with Crippen molar-refractivity contribution in [1.82, 2.24) is 9.97 Å². The molecule has 1 aromatic carbocycles. The Bertz CT molecular complexity index is 1090. The minimum absolute atomic E-state index is 0.274. The van der Waals surface area contributed by atoms with Crippen LogP contribution < -0.4 is 10.6 Å². The summed E-state index contributed by atoms with van der Waals surface area (Å²) in [5, 5.41) is 25.6. The number of carbonyl (C=O) groups excluding carboxylic acids is 1. The van der Waals surface area contributed by atoms with E-state index >= 15 is 0 Å². The standard InChI is InChI=1S/C24H23N5O2/c25-16-24(10-7-20(30)14-24)18-3-5-19(6-4-18)29-23(31)21-2-1-11-27-22(21)28-15-17-8-12-26-13-9-17/h1-6,8-9,11-13,20,30H,7,10,14-15H2,(H,27,28)(H,29,31)/t20-,24-/m1/s1. The molecule has 1 fully saturated rings. The van der Waals surface area contributed by atoms with Crippen LogP contribution in [0.15, 0.2) is 67.1 Å². The Balaban J connectivity index is 1.46. The normalized spacial score (nSPS) is 20.1. The number of benzene rings is 1. The second-order valence-electron chi connectivity index (χ2n) is 7.73. The van der Waals surface area contributed by atoms with E-state index in [-0.39, 0.29) is 5.91 Å². The van der Waals surface area contributed by atoms with Crippen LogP contribution >= 0.6 is 0 Å². The van der Waals surface area contributed by atoms with Gasteiger partial charge in [0.1, 0.15) is 5.82 Å². The van der Waals surface area contributed by atoms with Crippen molar-refractivity contribution in [2.75, 3.05) is 10.6 Å². The minimum Gasteiger partial charge on any atom is -0.393 e. The molecule has 0 saturated heterocycles. The maximum absolute atomic E-state index is 12.9. The molecule has 7 heteroatoms. The van der Waals surface area contributed by atoms with Crippen LogP contribution in [-0.4, -0.2) is 27.1 Å². The summed E-state index contributed by atoms with van der Waals surface area (Å²) in [5.41, 5.74) is 2.31. The molecular weight excluding hydrogens is 390 g/mol. The lowest BCUT2D eigenvalue weighted by atomic mass is 9.80. The molecule has 0 radical (unpaired) electrons. The van der Waals surface area contributed by atoms with Crippen LogP contribution in [0, 0.1) is 11.3 Å². The van der Waals surface area contributed by atoms with Crippen molar-refractivity contribution in [2.45, 2.75) is 37.3 Å². The van der Waals surface area contributed by atoms with Gasteiger partial charge in [-0.1, -0.05) is 12.1 Å². The summed E-state index contributed by atoms with van der Waals surface area (Å²) in [6.07, 6.45) is 6.34. The first-order valence-corrected chi connectivity index (χ1v) is 10.2. The van der Waals surface area contributed by atoms with E-state index in [4.69, 9.17) is 0 Å². The number of hydrogen-bond donors (Lipinski definition) is 3. The van der Waals surface area contributed by atoms with Crippen LogP contribution in [0.5, 0.6) is 0 Å². The van der Waals surface area contributed by atoms with Crippen LogP contribution in [-0.2, 0) is 12.0 Å². The molecule has 0 bridgehead atoms. The SMILES string of the molecule is N#C[C@@]1(c2ccc(NC(=O)c3cccnc3NCc3ccncc3)cc2)CC[C@@H](O)C1. The topological polar surface area (TPSA) is 111 Å². The van der Waals surface area contributed by atoms with Crippen LogP contribution in [0.25, 0.3) is 0 Å². The van der Waals surface area contributed by atoms with Crippen LogP contribution in [0.3, 0.4) is 0 Å². The van der Waals surface area contributed by atoms with Gasteiger partial charge in [-0.05, 0) is 66.8 Å². The number of carbonyl (C=O) groups is 1. The average Bonchev–Trinajstić information content (AvgIpc) is 3.21. The zero-order valence-electron chi connectivity index (χ0n) is 17.0. The second-order valence-corrected chi connectivity index (χ2v) is 7.73. The fraction of sp³-hybridized carbons (Fsp3) is 0.250. The highest BCUT2D eigenvalue weighted by molar-refractivity contribution is 6.07. The summed E-state index contributed by atoms with van der Waals surface area (Å²) in [4.78, 5) is 21.2. The highest BCUT2D eigenvalue weighted by atomic mass is 16.3. The first-order chi connectivity index (χ1) is 15.1. The van der Waals surface area contributed by atoms with Gasteiger partial charge in [0.15, 0.2) is 0 Å².